The molecule has 0 bridgehead atoms. The Labute approximate surface area is 121 Å². The maximum Gasteiger partial charge on any atom is 0.0644 e. The van der Waals surface area contributed by atoms with Crippen LogP contribution >= 0.6 is 0 Å². The molecule has 0 saturated heterocycles. The van der Waals surface area contributed by atoms with E-state index in [1.165, 1.54) is 22.3 Å². The van der Waals surface area contributed by atoms with E-state index in [1.807, 2.05) is 18.7 Å². The predicted molar refractivity (Wildman–Crippen MR) is 82.4 cm³/mol. The number of benzene rings is 1. The van der Waals surface area contributed by atoms with Crippen molar-refractivity contribution in [3.8, 4) is 0 Å². The maximum atomic E-state index is 5.80. The van der Waals surface area contributed by atoms with E-state index in [1.54, 1.807) is 0 Å². The molecular formula is C16H24N4. The van der Waals surface area contributed by atoms with Crippen LogP contribution < -0.4 is 11.3 Å². The number of hydrogen-bond acceptors (Lipinski definition) is 3. The molecule has 2 aromatic rings. The van der Waals surface area contributed by atoms with E-state index in [0.717, 1.165) is 17.8 Å². The number of nitrogens with one attached hydrogen (secondary N) is 1. The lowest BCUT2D eigenvalue weighted by molar-refractivity contribution is 0.544. The lowest BCUT2D eigenvalue weighted by Gasteiger charge is -2.18. The van der Waals surface area contributed by atoms with Gasteiger partial charge in [-0.2, -0.15) is 5.10 Å². The molecule has 0 fully saturated rings. The second kappa shape index (κ2) is 5.77. The summed E-state index contributed by atoms with van der Waals surface area (Å²) in [6, 6.07) is 6.64. The van der Waals surface area contributed by atoms with Gasteiger partial charge in [0.1, 0.15) is 0 Å². The number of hydrogen-bond donors (Lipinski definition) is 2. The standard InChI is InChI=1S/C16H24N4/c1-10-6-7-11(2)14(8-10)9-15(18-17)16-12(3)19-20(5)13(16)4/h6-8,15,18H,9,17H2,1-5H3. The highest BCUT2D eigenvalue weighted by atomic mass is 15.3. The van der Waals surface area contributed by atoms with Crippen molar-refractivity contribution in [3.63, 3.8) is 0 Å². The van der Waals surface area contributed by atoms with E-state index in [2.05, 4.69) is 49.5 Å². The zero-order chi connectivity index (χ0) is 14.9. The van der Waals surface area contributed by atoms with E-state index >= 15 is 0 Å². The Hall–Kier alpha value is -1.65. The van der Waals surface area contributed by atoms with E-state index in [4.69, 9.17) is 5.84 Å². The van der Waals surface area contributed by atoms with E-state index < -0.39 is 0 Å². The molecule has 0 aliphatic carbocycles. The van der Waals surface area contributed by atoms with Gasteiger partial charge in [-0.25, -0.2) is 0 Å². The van der Waals surface area contributed by atoms with E-state index in [0.29, 0.717) is 0 Å². The second-order valence-electron chi connectivity index (χ2n) is 5.56. The molecule has 4 heteroatoms. The number of nitrogens with zero attached hydrogens (tertiary/aromatic N) is 2. The fraction of sp³-hybridized carbons (Fsp3) is 0.438. The highest BCUT2D eigenvalue weighted by Gasteiger charge is 2.20. The van der Waals surface area contributed by atoms with Crippen LogP contribution in [0.1, 0.15) is 39.7 Å². The minimum absolute atomic E-state index is 0.0872. The summed E-state index contributed by atoms with van der Waals surface area (Å²) in [7, 11) is 1.97. The molecule has 2 rings (SSSR count). The summed E-state index contributed by atoms with van der Waals surface area (Å²) in [5.41, 5.74) is 10.3. The van der Waals surface area contributed by atoms with Crippen LogP contribution in [0.2, 0.25) is 0 Å². The molecule has 3 N–H and O–H groups in total. The number of rotatable bonds is 4. The lowest BCUT2D eigenvalue weighted by Crippen LogP contribution is -2.30. The van der Waals surface area contributed by atoms with Crippen molar-refractivity contribution < 1.29 is 0 Å². The van der Waals surface area contributed by atoms with Crippen molar-refractivity contribution >= 4 is 0 Å². The summed E-state index contributed by atoms with van der Waals surface area (Å²) in [5, 5.41) is 4.48. The van der Waals surface area contributed by atoms with Crippen LogP contribution in [0.5, 0.6) is 0 Å². The lowest BCUT2D eigenvalue weighted by atomic mass is 9.94. The first-order valence-corrected chi connectivity index (χ1v) is 6.96. The van der Waals surface area contributed by atoms with Crippen LogP contribution in [-0.4, -0.2) is 9.78 Å². The number of nitrogens with two attached hydrogens (primary N) is 1. The monoisotopic (exact) mass is 272 g/mol. The molecule has 1 heterocycles. The van der Waals surface area contributed by atoms with Gasteiger partial charge in [-0.05, 0) is 45.2 Å². The van der Waals surface area contributed by atoms with Gasteiger partial charge in [-0.3, -0.25) is 16.0 Å². The molecule has 1 unspecified atom stereocenters. The first kappa shape index (κ1) is 14.8. The Kier molecular flexibility index (Phi) is 4.26. The van der Waals surface area contributed by atoms with Crippen LogP contribution in [0.15, 0.2) is 18.2 Å². The molecule has 1 atom stereocenters. The highest BCUT2D eigenvalue weighted by Crippen LogP contribution is 2.25. The Morgan fingerprint density at radius 3 is 2.50 bits per heavy atom. The number of aryl methyl sites for hydroxylation is 4. The quantitative estimate of drug-likeness (QED) is 0.664. The van der Waals surface area contributed by atoms with Crippen LogP contribution in [0.3, 0.4) is 0 Å². The molecule has 1 aromatic heterocycles. The third-order valence-corrected chi connectivity index (χ3v) is 4.04. The van der Waals surface area contributed by atoms with Gasteiger partial charge >= 0.3 is 0 Å². The molecule has 0 saturated carbocycles. The Morgan fingerprint density at radius 2 is 1.95 bits per heavy atom. The van der Waals surface area contributed by atoms with Gasteiger partial charge in [0.2, 0.25) is 0 Å². The Balaban J connectivity index is 2.36. The molecule has 108 valence electrons. The van der Waals surface area contributed by atoms with Crippen molar-refractivity contribution in [3.05, 3.63) is 51.8 Å². The molecule has 0 amide bonds. The summed E-state index contributed by atoms with van der Waals surface area (Å²) in [6.07, 6.45) is 0.872. The fourth-order valence-electron chi connectivity index (χ4n) is 2.78. The molecular weight excluding hydrogens is 248 g/mol. The topological polar surface area (TPSA) is 55.9 Å². The zero-order valence-corrected chi connectivity index (χ0v) is 13.0. The van der Waals surface area contributed by atoms with Gasteiger partial charge in [0.25, 0.3) is 0 Å². The molecule has 0 spiro atoms. The Bertz CT molecular complexity index is 613. The van der Waals surface area contributed by atoms with Crippen molar-refractivity contribution in [2.75, 3.05) is 0 Å². The maximum absolute atomic E-state index is 5.80. The second-order valence-corrected chi connectivity index (χ2v) is 5.56. The van der Waals surface area contributed by atoms with Gasteiger partial charge in [0.05, 0.1) is 11.7 Å². The predicted octanol–water partition coefficient (Wildman–Crippen LogP) is 2.40. The van der Waals surface area contributed by atoms with Crippen LogP contribution in [0.25, 0.3) is 0 Å². The molecule has 0 radical (unpaired) electrons. The number of aromatic nitrogens is 2. The first-order chi connectivity index (χ1) is 9.43. The van der Waals surface area contributed by atoms with Crippen LogP contribution in [-0.2, 0) is 13.5 Å². The smallest absolute Gasteiger partial charge is 0.0644 e. The Morgan fingerprint density at radius 1 is 1.25 bits per heavy atom. The third-order valence-electron chi connectivity index (χ3n) is 4.04. The van der Waals surface area contributed by atoms with Crippen molar-refractivity contribution in [2.45, 2.75) is 40.2 Å². The minimum atomic E-state index is 0.0872. The highest BCUT2D eigenvalue weighted by molar-refractivity contribution is 5.35. The molecule has 4 nitrogen and oxygen atoms in total. The zero-order valence-electron chi connectivity index (χ0n) is 13.0. The van der Waals surface area contributed by atoms with Gasteiger partial charge < -0.3 is 0 Å². The van der Waals surface area contributed by atoms with E-state index in [9.17, 15) is 0 Å². The molecule has 0 aliphatic rings. The summed E-state index contributed by atoms with van der Waals surface area (Å²) in [4.78, 5) is 0. The third kappa shape index (κ3) is 2.76. The normalized spacial score (nSPS) is 12.7. The fourth-order valence-corrected chi connectivity index (χ4v) is 2.78. The van der Waals surface area contributed by atoms with E-state index in [-0.39, 0.29) is 6.04 Å². The van der Waals surface area contributed by atoms with Crippen LogP contribution in [0.4, 0.5) is 0 Å². The van der Waals surface area contributed by atoms with Crippen molar-refractivity contribution in [1.29, 1.82) is 0 Å². The SMILES string of the molecule is Cc1ccc(C)c(CC(NN)c2c(C)nn(C)c2C)c1. The van der Waals surface area contributed by atoms with Crippen molar-refractivity contribution in [1.82, 2.24) is 15.2 Å². The summed E-state index contributed by atoms with van der Waals surface area (Å²) < 4.78 is 1.91. The average Bonchev–Trinajstić information content (AvgIpc) is 2.65. The van der Waals surface area contributed by atoms with Gasteiger partial charge in [0, 0.05) is 18.3 Å². The van der Waals surface area contributed by atoms with Crippen LogP contribution in [0, 0.1) is 27.7 Å². The van der Waals surface area contributed by atoms with Gasteiger partial charge in [-0.1, -0.05) is 23.8 Å². The molecule has 1 aromatic carbocycles. The minimum Gasteiger partial charge on any atom is -0.272 e. The summed E-state index contributed by atoms with van der Waals surface area (Å²) in [6.45, 7) is 8.39. The van der Waals surface area contributed by atoms with Crippen molar-refractivity contribution in [2.24, 2.45) is 12.9 Å². The largest absolute Gasteiger partial charge is 0.272 e. The van der Waals surface area contributed by atoms with Gasteiger partial charge in [-0.15, -0.1) is 0 Å². The average molecular weight is 272 g/mol. The molecule has 0 aliphatic heterocycles. The molecule has 20 heavy (non-hydrogen) atoms. The summed E-state index contributed by atoms with van der Waals surface area (Å²) in [5.74, 6) is 5.80. The number of hydrazine groups is 1. The summed E-state index contributed by atoms with van der Waals surface area (Å²) >= 11 is 0. The first-order valence-electron chi connectivity index (χ1n) is 6.96. The van der Waals surface area contributed by atoms with Gasteiger partial charge in [0.15, 0.2) is 0 Å².